The lowest BCUT2D eigenvalue weighted by Gasteiger charge is -2.07. The molecule has 0 unspecified atom stereocenters. The summed E-state index contributed by atoms with van der Waals surface area (Å²) >= 11 is 0. The number of tetrazole rings is 1. The quantitative estimate of drug-likeness (QED) is 0.515. The number of carbonyl (C=O) groups excluding carboxylic acids is 1. The first-order chi connectivity index (χ1) is 12.8. The Labute approximate surface area is 148 Å². The predicted molar refractivity (Wildman–Crippen MR) is 91.8 cm³/mol. The van der Waals surface area contributed by atoms with Crippen molar-refractivity contribution in [3.05, 3.63) is 84.4 Å². The molecular weight excluding hydrogens is 332 g/mol. The molecule has 8 nitrogen and oxygen atoms in total. The Morgan fingerprint density at radius 3 is 2.62 bits per heavy atom. The molecule has 0 aliphatic heterocycles. The van der Waals surface area contributed by atoms with Crippen molar-refractivity contribution in [2.45, 2.75) is 6.61 Å². The highest BCUT2D eigenvalue weighted by molar-refractivity contribution is 5.90. The van der Waals surface area contributed by atoms with Crippen molar-refractivity contribution in [3.63, 3.8) is 0 Å². The second-order valence-corrected chi connectivity index (χ2v) is 5.50. The van der Waals surface area contributed by atoms with Gasteiger partial charge in [-0.15, -0.1) is 5.10 Å². The molecular formula is C18H14N6O2. The van der Waals surface area contributed by atoms with Gasteiger partial charge in [-0.25, -0.2) is 14.2 Å². The highest BCUT2D eigenvalue weighted by atomic mass is 16.5. The smallest absolute Gasteiger partial charge is 0.338 e. The zero-order chi connectivity index (χ0) is 17.8. The van der Waals surface area contributed by atoms with Gasteiger partial charge in [0, 0.05) is 12.4 Å². The number of ether oxygens (including phenoxy) is 1. The van der Waals surface area contributed by atoms with Gasteiger partial charge in [0.1, 0.15) is 12.9 Å². The van der Waals surface area contributed by atoms with Crippen LogP contribution in [0.25, 0.3) is 11.4 Å². The minimum atomic E-state index is -0.406. The van der Waals surface area contributed by atoms with E-state index in [1.54, 1.807) is 35.1 Å². The SMILES string of the molecule is O=C(OCc1ccc(-n2cccn2)cc1)c1cccc(-n2cnnn2)c1. The Morgan fingerprint density at radius 1 is 1.00 bits per heavy atom. The van der Waals surface area contributed by atoms with E-state index in [1.165, 1.54) is 11.0 Å². The van der Waals surface area contributed by atoms with Crippen LogP contribution in [0.5, 0.6) is 0 Å². The standard InChI is InChI=1S/C18H14N6O2/c25-18(15-3-1-4-17(11-15)24-13-19-21-22-24)26-12-14-5-7-16(8-6-14)23-10-2-9-20-23/h1-11,13H,12H2. The van der Waals surface area contributed by atoms with Crippen LogP contribution in [0.4, 0.5) is 0 Å². The van der Waals surface area contributed by atoms with Gasteiger partial charge in [0.15, 0.2) is 0 Å². The molecule has 0 aliphatic carbocycles. The lowest BCUT2D eigenvalue weighted by Crippen LogP contribution is -2.06. The van der Waals surface area contributed by atoms with Crippen LogP contribution in [0.3, 0.4) is 0 Å². The second kappa shape index (κ2) is 6.98. The number of aromatic nitrogens is 6. The number of rotatable bonds is 5. The van der Waals surface area contributed by atoms with E-state index >= 15 is 0 Å². The van der Waals surface area contributed by atoms with Crippen molar-refractivity contribution in [2.24, 2.45) is 0 Å². The minimum absolute atomic E-state index is 0.188. The average molecular weight is 346 g/mol. The van der Waals surface area contributed by atoms with Crippen molar-refractivity contribution in [2.75, 3.05) is 0 Å². The first kappa shape index (κ1) is 15.7. The Balaban J connectivity index is 1.42. The molecule has 0 fully saturated rings. The summed E-state index contributed by atoms with van der Waals surface area (Å²) in [5.74, 6) is -0.406. The molecule has 4 aromatic rings. The fraction of sp³-hybridized carbons (Fsp3) is 0.0556. The molecule has 2 heterocycles. The molecule has 0 radical (unpaired) electrons. The third-order valence-electron chi connectivity index (χ3n) is 3.77. The molecule has 128 valence electrons. The van der Waals surface area contributed by atoms with Gasteiger partial charge < -0.3 is 4.74 Å². The molecule has 0 atom stereocenters. The van der Waals surface area contributed by atoms with E-state index in [9.17, 15) is 4.79 Å². The molecule has 0 amide bonds. The van der Waals surface area contributed by atoms with Crippen molar-refractivity contribution >= 4 is 5.97 Å². The number of nitrogens with zero attached hydrogens (tertiary/aromatic N) is 6. The zero-order valence-electron chi connectivity index (χ0n) is 13.6. The fourth-order valence-corrected chi connectivity index (χ4v) is 2.45. The molecule has 2 aromatic heterocycles. The van der Waals surface area contributed by atoms with Gasteiger partial charge in [0.05, 0.1) is 16.9 Å². The predicted octanol–water partition coefficient (Wildman–Crippen LogP) is 2.20. The van der Waals surface area contributed by atoms with E-state index < -0.39 is 5.97 Å². The highest BCUT2D eigenvalue weighted by Gasteiger charge is 2.09. The maximum Gasteiger partial charge on any atom is 0.338 e. The van der Waals surface area contributed by atoms with Crippen LogP contribution in [0.1, 0.15) is 15.9 Å². The third kappa shape index (κ3) is 3.34. The van der Waals surface area contributed by atoms with Gasteiger partial charge in [-0.3, -0.25) is 0 Å². The maximum atomic E-state index is 12.3. The average Bonchev–Trinajstić information content (AvgIpc) is 3.40. The summed E-state index contributed by atoms with van der Waals surface area (Å²) in [4.78, 5) is 12.3. The van der Waals surface area contributed by atoms with Gasteiger partial charge in [-0.05, 0) is 52.4 Å². The Hall–Kier alpha value is -3.81. The molecule has 8 heteroatoms. The van der Waals surface area contributed by atoms with Gasteiger partial charge in [0.2, 0.25) is 0 Å². The largest absolute Gasteiger partial charge is 0.457 e. The van der Waals surface area contributed by atoms with Crippen LogP contribution in [-0.2, 0) is 11.3 Å². The molecule has 0 N–H and O–H groups in total. The lowest BCUT2D eigenvalue weighted by molar-refractivity contribution is 0.0472. The molecule has 0 spiro atoms. The van der Waals surface area contributed by atoms with E-state index in [-0.39, 0.29) is 6.61 Å². The van der Waals surface area contributed by atoms with Crippen LogP contribution < -0.4 is 0 Å². The zero-order valence-corrected chi connectivity index (χ0v) is 13.6. The maximum absolute atomic E-state index is 12.3. The summed E-state index contributed by atoms with van der Waals surface area (Å²) in [6, 6.07) is 16.5. The van der Waals surface area contributed by atoms with E-state index in [0.717, 1.165) is 11.3 Å². The van der Waals surface area contributed by atoms with Crippen LogP contribution in [-0.4, -0.2) is 36.0 Å². The van der Waals surface area contributed by atoms with Crippen LogP contribution in [0.15, 0.2) is 73.3 Å². The number of hydrogen-bond acceptors (Lipinski definition) is 6. The van der Waals surface area contributed by atoms with Crippen molar-refractivity contribution in [1.29, 1.82) is 0 Å². The minimum Gasteiger partial charge on any atom is -0.457 e. The molecule has 0 aliphatic rings. The second-order valence-electron chi connectivity index (χ2n) is 5.50. The molecule has 0 bridgehead atoms. The monoisotopic (exact) mass is 346 g/mol. The van der Waals surface area contributed by atoms with Crippen molar-refractivity contribution in [3.8, 4) is 11.4 Å². The molecule has 0 saturated heterocycles. The van der Waals surface area contributed by atoms with E-state index in [0.29, 0.717) is 11.3 Å². The lowest BCUT2D eigenvalue weighted by atomic mass is 10.2. The Morgan fingerprint density at radius 2 is 1.88 bits per heavy atom. The topological polar surface area (TPSA) is 87.7 Å². The summed E-state index contributed by atoms with van der Waals surface area (Å²) in [5.41, 5.74) is 2.96. The molecule has 4 rings (SSSR count). The summed E-state index contributed by atoms with van der Waals surface area (Å²) in [6.07, 6.45) is 5.05. The summed E-state index contributed by atoms with van der Waals surface area (Å²) in [7, 11) is 0. The summed E-state index contributed by atoms with van der Waals surface area (Å²) < 4.78 is 8.64. The van der Waals surface area contributed by atoms with E-state index in [1.807, 2.05) is 36.5 Å². The van der Waals surface area contributed by atoms with Crippen LogP contribution in [0.2, 0.25) is 0 Å². The number of esters is 1. The van der Waals surface area contributed by atoms with Crippen LogP contribution >= 0.6 is 0 Å². The highest BCUT2D eigenvalue weighted by Crippen LogP contribution is 2.13. The van der Waals surface area contributed by atoms with Crippen molar-refractivity contribution < 1.29 is 9.53 Å². The number of benzene rings is 2. The Bertz CT molecular complexity index is 995. The number of carbonyl (C=O) groups is 1. The van der Waals surface area contributed by atoms with Gasteiger partial charge in [0.25, 0.3) is 0 Å². The number of hydrogen-bond donors (Lipinski definition) is 0. The normalized spacial score (nSPS) is 10.6. The van der Waals surface area contributed by atoms with E-state index in [4.69, 9.17) is 4.74 Å². The molecule has 26 heavy (non-hydrogen) atoms. The van der Waals surface area contributed by atoms with Crippen molar-refractivity contribution in [1.82, 2.24) is 30.0 Å². The van der Waals surface area contributed by atoms with Crippen LogP contribution in [0, 0.1) is 0 Å². The third-order valence-corrected chi connectivity index (χ3v) is 3.77. The first-order valence-corrected chi connectivity index (χ1v) is 7.89. The van der Waals surface area contributed by atoms with Gasteiger partial charge in [-0.2, -0.15) is 5.10 Å². The summed E-state index contributed by atoms with van der Waals surface area (Å²) in [6.45, 7) is 0.188. The summed E-state index contributed by atoms with van der Waals surface area (Å²) in [5, 5.41) is 15.2. The van der Waals surface area contributed by atoms with Gasteiger partial charge in [-0.1, -0.05) is 18.2 Å². The molecule has 2 aromatic carbocycles. The molecule has 0 saturated carbocycles. The van der Waals surface area contributed by atoms with E-state index in [2.05, 4.69) is 20.6 Å². The Kier molecular flexibility index (Phi) is 4.21. The fourth-order valence-electron chi connectivity index (χ4n) is 2.45. The van der Waals surface area contributed by atoms with Gasteiger partial charge >= 0.3 is 5.97 Å². The first-order valence-electron chi connectivity index (χ1n) is 7.89.